The van der Waals surface area contributed by atoms with Crippen LogP contribution in [-0.2, 0) is 11.2 Å². The number of fused-ring (bicyclic) bond motifs is 1. The van der Waals surface area contributed by atoms with E-state index in [9.17, 15) is 9.59 Å². The molecular weight excluding hydrogens is 340 g/mol. The van der Waals surface area contributed by atoms with Crippen molar-refractivity contribution in [1.82, 2.24) is 0 Å². The fourth-order valence-corrected chi connectivity index (χ4v) is 2.74. The Balaban J connectivity index is 1.72. The molecule has 27 heavy (non-hydrogen) atoms. The zero-order valence-corrected chi connectivity index (χ0v) is 14.9. The second kappa shape index (κ2) is 8.20. The maximum absolute atomic E-state index is 12.4. The average Bonchev–Trinajstić information content (AvgIpc) is 2.67. The molecular formula is C23H18O4. The fraction of sp³-hybridized carbons (Fsp3) is 0.130. The van der Waals surface area contributed by atoms with E-state index in [-0.39, 0.29) is 6.42 Å². The Labute approximate surface area is 157 Å². The van der Waals surface area contributed by atoms with Gasteiger partial charge in [0, 0.05) is 12.0 Å². The van der Waals surface area contributed by atoms with E-state index < -0.39 is 11.9 Å². The molecule has 4 heteroatoms. The molecule has 3 rings (SSSR count). The van der Waals surface area contributed by atoms with Crippen molar-refractivity contribution < 1.29 is 19.4 Å². The first kappa shape index (κ1) is 18.2. The van der Waals surface area contributed by atoms with Crippen LogP contribution < -0.4 is 4.74 Å². The standard InChI is InChI=1S/C23H18O4/c1-2-3-17-4-8-19-15-20(10-9-18(19)14-17)23(26)27-21-11-5-16(6-12-21)7-13-22(24)25/h4-6,8-12,14-15H,7,13H2,1H3,(H,24,25). The molecule has 0 aromatic heterocycles. The largest absolute Gasteiger partial charge is 0.481 e. The lowest BCUT2D eigenvalue weighted by atomic mass is 10.0. The number of esters is 1. The lowest BCUT2D eigenvalue weighted by Crippen LogP contribution is -2.08. The molecule has 3 aromatic carbocycles. The number of carbonyl (C=O) groups is 2. The number of carboxylic acids is 1. The van der Waals surface area contributed by atoms with Crippen LogP contribution >= 0.6 is 0 Å². The highest BCUT2D eigenvalue weighted by Crippen LogP contribution is 2.20. The van der Waals surface area contributed by atoms with Crippen LogP contribution in [0.3, 0.4) is 0 Å². The van der Waals surface area contributed by atoms with Gasteiger partial charge in [0.2, 0.25) is 0 Å². The van der Waals surface area contributed by atoms with Gasteiger partial charge in [-0.15, -0.1) is 5.92 Å². The summed E-state index contributed by atoms with van der Waals surface area (Å²) in [7, 11) is 0. The Kier molecular flexibility index (Phi) is 5.53. The van der Waals surface area contributed by atoms with Gasteiger partial charge in [0.25, 0.3) is 0 Å². The van der Waals surface area contributed by atoms with E-state index in [0.717, 1.165) is 21.9 Å². The highest BCUT2D eigenvalue weighted by atomic mass is 16.5. The maximum atomic E-state index is 12.4. The quantitative estimate of drug-likeness (QED) is 0.416. The van der Waals surface area contributed by atoms with Crippen molar-refractivity contribution in [1.29, 1.82) is 0 Å². The predicted octanol–water partition coefficient (Wildman–Crippen LogP) is 4.45. The van der Waals surface area contributed by atoms with Crippen molar-refractivity contribution in [3.8, 4) is 17.6 Å². The smallest absolute Gasteiger partial charge is 0.343 e. The molecule has 0 aliphatic rings. The summed E-state index contributed by atoms with van der Waals surface area (Å²) in [5.41, 5.74) is 2.28. The molecule has 0 saturated carbocycles. The molecule has 0 radical (unpaired) electrons. The number of rotatable bonds is 5. The lowest BCUT2D eigenvalue weighted by molar-refractivity contribution is -0.136. The van der Waals surface area contributed by atoms with Gasteiger partial charge in [-0.25, -0.2) is 4.79 Å². The molecule has 1 N–H and O–H groups in total. The zero-order chi connectivity index (χ0) is 19.2. The first-order chi connectivity index (χ1) is 13.0. The second-order valence-electron chi connectivity index (χ2n) is 6.08. The number of hydrogen-bond donors (Lipinski definition) is 1. The molecule has 0 saturated heterocycles. The Morgan fingerprint density at radius 1 is 0.963 bits per heavy atom. The number of aryl methyl sites for hydroxylation is 1. The fourth-order valence-electron chi connectivity index (χ4n) is 2.74. The van der Waals surface area contributed by atoms with Gasteiger partial charge in [-0.2, -0.15) is 0 Å². The van der Waals surface area contributed by atoms with E-state index >= 15 is 0 Å². The molecule has 0 heterocycles. The first-order valence-electron chi connectivity index (χ1n) is 8.54. The second-order valence-corrected chi connectivity index (χ2v) is 6.08. The Morgan fingerprint density at radius 3 is 2.37 bits per heavy atom. The predicted molar refractivity (Wildman–Crippen MR) is 104 cm³/mol. The summed E-state index contributed by atoms with van der Waals surface area (Å²) >= 11 is 0. The first-order valence-corrected chi connectivity index (χ1v) is 8.54. The number of hydrogen-bond acceptors (Lipinski definition) is 3. The Morgan fingerprint density at radius 2 is 1.67 bits per heavy atom. The third kappa shape index (κ3) is 4.74. The number of benzene rings is 3. The number of carbonyl (C=O) groups excluding carboxylic acids is 1. The van der Waals surface area contributed by atoms with Crippen LogP contribution in [-0.4, -0.2) is 17.0 Å². The molecule has 4 nitrogen and oxygen atoms in total. The zero-order valence-electron chi connectivity index (χ0n) is 14.9. The third-order valence-corrected chi connectivity index (χ3v) is 4.11. The van der Waals surface area contributed by atoms with Gasteiger partial charge in [0.05, 0.1) is 5.56 Å². The van der Waals surface area contributed by atoms with Crippen molar-refractivity contribution in [3.63, 3.8) is 0 Å². The molecule has 0 atom stereocenters. The molecule has 0 spiro atoms. The average molecular weight is 358 g/mol. The van der Waals surface area contributed by atoms with Crippen LogP contribution in [0.25, 0.3) is 10.8 Å². The monoisotopic (exact) mass is 358 g/mol. The summed E-state index contributed by atoms with van der Waals surface area (Å²) in [5, 5.41) is 10.7. The molecule has 0 amide bonds. The third-order valence-electron chi connectivity index (χ3n) is 4.11. The van der Waals surface area contributed by atoms with Gasteiger partial charge < -0.3 is 9.84 Å². The van der Waals surface area contributed by atoms with Crippen molar-refractivity contribution in [2.24, 2.45) is 0 Å². The van der Waals surface area contributed by atoms with Crippen LogP contribution in [0.4, 0.5) is 0 Å². The summed E-state index contributed by atoms with van der Waals surface area (Å²) in [5.74, 6) is 5.03. The number of ether oxygens (including phenoxy) is 1. The van der Waals surface area contributed by atoms with E-state index in [0.29, 0.717) is 17.7 Å². The highest BCUT2D eigenvalue weighted by Gasteiger charge is 2.10. The van der Waals surface area contributed by atoms with Crippen molar-refractivity contribution >= 4 is 22.7 Å². The number of carboxylic acid groups (broad SMARTS) is 1. The highest BCUT2D eigenvalue weighted by molar-refractivity contribution is 5.96. The molecule has 0 unspecified atom stereocenters. The van der Waals surface area contributed by atoms with Gasteiger partial charge in [-0.05, 0) is 66.1 Å². The summed E-state index contributed by atoms with van der Waals surface area (Å²) in [4.78, 5) is 23.0. The van der Waals surface area contributed by atoms with Gasteiger partial charge in [-0.1, -0.05) is 30.2 Å². The van der Waals surface area contributed by atoms with E-state index in [4.69, 9.17) is 9.84 Å². The van der Waals surface area contributed by atoms with Crippen molar-refractivity contribution in [3.05, 3.63) is 77.4 Å². The van der Waals surface area contributed by atoms with E-state index in [1.807, 2.05) is 24.3 Å². The Hall–Kier alpha value is -3.58. The molecule has 3 aromatic rings. The van der Waals surface area contributed by atoms with Crippen LogP contribution in [0.15, 0.2) is 60.7 Å². The van der Waals surface area contributed by atoms with Crippen LogP contribution in [0.2, 0.25) is 0 Å². The molecule has 134 valence electrons. The van der Waals surface area contributed by atoms with E-state index in [2.05, 4.69) is 11.8 Å². The molecule has 0 aliphatic carbocycles. The van der Waals surface area contributed by atoms with E-state index in [1.165, 1.54) is 0 Å². The summed E-state index contributed by atoms with van der Waals surface area (Å²) < 4.78 is 5.41. The molecule has 0 bridgehead atoms. The van der Waals surface area contributed by atoms with Gasteiger partial charge in [0.15, 0.2) is 0 Å². The maximum Gasteiger partial charge on any atom is 0.343 e. The molecule has 0 fully saturated rings. The van der Waals surface area contributed by atoms with Crippen LogP contribution in [0.5, 0.6) is 5.75 Å². The minimum atomic E-state index is -0.837. The van der Waals surface area contributed by atoms with E-state index in [1.54, 1.807) is 43.3 Å². The SMILES string of the molecule is CC#Cc1ccc2cc(C(=O)Oc3ccc(CCC(=O)O)cc3)ccc2c1. The van der Waals surface area contributed by atoms with Gasteiger partial charge in [0.1, 0.15) is 5.75 Å². The van der Waals surface area contributed by atoms with Crippen molar-refractivity contribution in [2.75, 3.05) is 0 Å². The minimum Gasteiger partial charge on any atom is -0.481 e. The summed E-state index contributed by atoms with van der Waals surface area (Å²) in [6, 6.07) is 18.1. The normalized spacial score (nSPS) is 10.1. The topological polar surface area (TPSA) is 63.6 Å². The summed E-state index contributed by atoms with van der Waals surface area (Å²) in [6.07, 6.45) is 0.514. The van der Waals surface area contributed by atoms with Crippen LogP contribution in [0, 0.1) is 11.8 Å². The van der Waals surface area contributed by atoms with Gasteiger partial charge in [-0.3, -0.25) is 4.79 Å². The lowest BCUT2D eigenvalue weighted by Gasteiger charge is -2.07. The Bertz CT molecular complexity index is 1050. The molecule has 0 aliphatic heterocycles. The van der Waals surface area contributed by atoms with Crippen molar-refractivity contribution in [2.45, 2.75) is 19.8 Å². The van der Waals surface area contributed by atoms with Crippen LogP contribution in [0.1, 0.15) is 34.8 Å². The van der Waals surface area contributed by atoms with Gasteiger partial charge >= 0.3 is 11.9 Å². The number of aliphatic carboxylic acids is 1. The summed E-state index contributed by atoms with van der Waals surface area (Å²) in [6.45, 7) is 1.79. The minimum absolute atomic E-state index is 0.0712.